The average Bonchev–Trinajstić information content (AvgIpc) is 3.29. The summed E-state index contributed by atoms with van der Waals surface area (Å²) >= 11 is 1.30. The maximum Gasteiger partial charge on any atom is 0.233 e. The maximum absolute atomic E-state index is 13.5. The van der Waals surface area contributed by atoms with Gasteiger partial charge in [0.15, 0.2) is 5.13 Å². The summed E-state index contributed by atoms with van der Waals surface area (Å²) in [5, 5.41) is 0.543. The molecule has 2 aromatic heterocycles. The van der Waals surface area contributed by atoms with Crippen molar-refractivity contribution in [3.05, 3.63) is 78.1 Å². The molecule has 0 spiro atoms. The van der Waals surface area contributed by atoms with Crippen molar-refractivity contribution in [2.24, 2.45) is 0 Å². The highest BCUT2D eigenvalue weighted by atomic mass is 32.1. The average molecular weight is 366 g/mol. The lowest BCUT2D eigenvalue weighted by molar-refractivity contribution is -0.118. The van der Waals surface area contributed by atoms with Crippen LogP contribution in [-0.4, -0.2) is 20.9 Å². The zero-order valence-electron chi connectivity index (χ0n) is 13.7. The summed E-state index contributed by atoms with van der Waals surface area (Å²) in [7, 11) is 0. The molecule has 0 unspecified atom stereocenters. The van der Waals surface area contributed by atoms with Crippen LogP contribution >= 0.6 is 11.3 Å². The van der Waals surface area contributed by atoms with Crippen LogP contribution in [0.3, 0.4) is 0 Å². The Kier molecular flexibility index (Phi) is 4.45. The van der Waals surface area contributed by atoms with E-state index in [1.165, 1.54) is 23.5 Å². The standard InChI is InChI=1S/C19H15FN4OS/c20-14-6-7-16-17(9-14)26-19(23-16)24(11-15-10-21-12-22-15)18(25)8-13-4-2-1-3-5-13/h1-7,9-10,12H,8,11H2,(H,21,22). The molecule has 0 saturated heterocycles. The van der Waals surface area contributed by atoms with E-state index in [1.807, 2.05) is 30.3 Å². The maximum atomic E-state index is 13.5. The number of imidazole rings is 1. The van der Waals surface area contributed by atoms with Crippen LogP contribution in [0, 0.1) is 5.82 Å². The molecule has 7 heteroatoms. The number of aromatic amines is 1. The van der Waals surface area contributed by atoms with Gasteiger partial charge in [-0.05, 0) is 23.8 Å². The zero-order chi connectivity index (χ0) is 17.9. The number of thiazole rings is 1. The second kappa shape index (κ2) is 7.05. The third-order valence-electron chi connectivity index (χ3n) is 3.95. The molecular weight excluding hydrogens is 351 g/mol. The number of halogens is 1. The highest BCUT2D eigenvalue weighted by Crippen LogP contribution is 2.30. The van der Waals surface area contributed by atoms with Gasteiger partial charge in [-0.15, -0.1) is 0 Å². The number of nitrogens with one attached hydrogen (secondary N) is 1. The van der Waals surface area contributed by atoms with Gasteiger partial charge in [-0.3, -0.25) is 9.69 Å². The highest BCUT2D eigenvalue weighted by Gasteiger charge is 2.21. The molecule has 2 heterocycles. The first-order valence-corrected chi connectivity index (χ1v) is 8.88. The van der Waals surface area contributed by atoms with Gasteiger partial charge in [0.25, 0.3) is 0 Å². The number of aromatic nitrogens is 3. The number of amides is 1. The van der Waals surface area contributed by atoms with Gasteiger partial charge in [-0.1, -0.05) is 41.7 Å². The van der Waals surface area contributed by atoms with Crippen molar-refractivity contribution in [1.29, 1.82) is 0 Å². The molecule has 5 nitrogen and oxygen atoms in total. The van der Waals surface area contributed by atoms with Gasteiger partial charge < -0.3 is 4.98 Å². The zero-order valence-corrected chi connectivity index (χ0v) is 14.5. The minimum atomic E-state index is -0.316. The molecule has 4 rings (SSSR count). The predicted octanol–water partition coefficient (Wildman–Crippen LogP) is 3.93. The molecule has 1 amide bonds. The van der Waals surface area contributed by atoms with Crippen molar-refractivity contribution in [2.45, 2.75) is 13.0 Å². The number of hydrogen-bond donors (Lipinski definition) is 1. The number of carbonyl (C=O) groups excluding carboxylic acids is 1. The minimum absolute atomic E-state index is 0.0784. The Morgan fingerprint density at radius 3 is 2.81 bits per heavy atom. The van der Waals surface area contributed by atoms with E-state index in [9.17, 15) is 9.18 Å². The number of hydrogen-bond acceptors (Lipinski definition) is 4. The number of fused-ring (bicyclic) bond motifs is 1. The lowest BCUT2D eigenvalue weighted by atomic mass is 10.1. The molecule has 130 valence electrons. The van der Waals surface area contributed by atoms with E-state index in [1.54, 1.807) is 23.5 Å². The lowest BCUT2D eigenvalue weighted by Crippen LogP contribution is -2.31. The summed E-state index contributed by atoms with van der Waals surface area (Å²) in [5.74, 6) is -0.395. The quantitative estimate of drug-likeness (QED) is 0.582. The Balaban J connectivity index is 1.68. The first-order chi connectivity index (χ1) is 12.7. The van der Waals surface area contributed by atoms with Crippen LogP contribution in [0.25, 0.3) is 10.2 Å². The van der Waals surface area contributed by atoms with Crippen molar-refractivity contribution < 1.29 is 9.18 Å². The van der Waals surface area contributed by atoms with Crippen LogP contribution < -0.4 is 4.90 Å². The van der Waals surface area contributed by atoms with Gasteiger partial charge in [0, 0.05) is 6.20 Å². The number of anilines is 1. The molecule has 0 atom stereocenters. The normalized spacial score (nSPS) is 11.0. The second-order valence-electron chi connectivity index (χ2n) is 5.83. The van der Waals surface area contributed by atoms with Crippen LogP contribution in [0.2, 0.25) is 0 Å². The molecule has 0 bridgehead atoms. The fourth-order valence-electron chi connectivity index (χ4n) is 2.67. The summed E-state index contributed by atoms with van der Waals surface area (Å²) in [4.78, 5) is 26.1. The molecule has 0 radical (unpaired) electrons. The number of nitrogens with zero attached hydrogens (tertiary/aromatic N) is 3. The van der Waals surface area contributed by atoms with Gasteiger partial charge in [0.2, 0.25) is 5.91 Å². The molecule has 4 aromatic rings. The fraction of sp³-hybridized carbons (Fsp3) is 0.105. The lowest BCUT2D eigenvalue weighted by Gasteiger charge is -2.19. The Labute approximate surface area is 153 Å². The van der Waals surface area contributed by atoms with Crippen LogP contribution in [0.1, 0.15) is 11.3 Å². The van der Waals surface area contributed by atoms with E-state index in [2.05, 4.69) is 15.0 Å². The molecule has 0 saturated carbocycles. The number of benzene rings is 2. The third-order valence-corrected chi connectivity index (χ3v) is 4.99. The Bertz CT molecular complexity index is 1030. The van der Waals surface area contributed by atoms with Gasteiger partial charge in [-0.2, -0.15) is 0 Å². The first-order valence-electron chi connectivity index (χ1n) is 8.07. The minimum Gasteiger partial charge on any atom is -0.347 e. The van der Waals surface area contributed by atoms with Gasteiger partial charge in [0.05, 0.1) is 35.2 Å². The third kappa shape index (κ3) is 3.48. The molecular formula is C19H15FN4OS. The van der Waals surface area contributed by atoms with E-state index in [4.69, 9.17) is 0 Å². The number of H-pyrrole nitrogens is 1. The molecule has 0 aliphatic carbocycles. The number of carbonyl (C=O) groups is 1. The fourth-order valence-corrected chi connectivity index (χ4v) is 3.68. The smallest absolute Gasteiger partial charge is 0.233 e. The van der Waals surface area contributed by atoms with Crippen LogP contribution in [0.4, 0.5) is 9.52 Å². The van der Waals surface area contributed by atoms with Gasteiger partial charge >= 0.3 is 0 Å². The molecule has 0 aliphatic rings. The van der Waals surface area contributed by atoms with E-state index in [-0.39, 0.29) is 18.1 Å². The predicted molar refractivity (Wildman–Crippen MR) is 99.5 cm³/mol. The summed E-state index contributed by atoms with van der Waals surface area (Å²) < 4.78 is 14.2. The first kappa shape index (κ1) is 16.4. The van der Waals surface area contributed by atoms with Crippen molar-refractivity contribution in [2.75, 3.05) is 4.90 Å². The van der Waals surface area contributed by atoms with E-state index in [0.29, 0.717) is 21.9 Å². The van der Waals surface area contributed by atoms with Gasteiger partial charge in [0.1, 0.15) is 5.82 Å². The van der Waals surface area contributed by atoms with E-state index < -0.39 is 0 Å². The topological polar surface area (TPSA) is 61.9 Å². The molecule has 1 N–H and O–H groups in total. The van der Waals surface area contributed by atoms with Crippen molar-refractivity contribution in [3.63, 3.8) is 0 Å². The summed E-state index contributed by atoms with van der Waals surface area (Å²) in [6.07, 6.45) is 3.51. The summed E-state index contributed by atoms with van der Waals surface area (Å²) in [5.41, 5.74) is 2.41. The summed E-state index contributed by atoms with van der Waals surface area (Å²) in [6.45, 7) is 0.327. The molecule has 0 aliphatic heterocycles. The Morgan fingerprint density at radius 1 is 1.19 bits per heavy atom. The highest BCUT2D eigenvalue weighted by molar-refractivity contribution is 7.22. The number of rotatable bonds is 5. The molecule has 2 aromatic carbocycles. The van der Waals surface area contributed by atoms with Crippen molar-refractivity contribution >= 4 is 32.6 Å². The SMILES string of the molecule is O=C(Cc1ccccc1)N(Cc1cnc[nH]1)c1nc2ccc(F)cc2s1. The van der Waals surface area contributed by atoms with Crippen molar-refractivity contribution in [1.82, 2.24) is 15.0 Å². The molecule has 0 fully saturated rings. The van der Waals surface area contributed by atoms with Crippen LogP contribution in [-0.2, 0) is 17.8 Å². The van der Waals surface area contributed by atoms with E-state index in [0.717, 1.165) is 11.3 Å². The second-order valence-corrected chi connectivity index (χ2v) is 6.84. The van der Waals surface area contributed by atoms with Crippen molar-refractivity contribution in [3.8, 4) is 0 Å². The Hall–Kier alpha value is -3.06. The van der Waals surface area contributed by atoms with E-state index >= 15 is 0 Å². The largest absolute Gasteiger partial charge is 0.347 e. The van der Waals surface area contributed by atoms with Crippen LogP contribution in [0.5, 0.6) is 0 Å². The summed E-state index contributed by atoms with van der Waals surface area (Å²) in [6, 6.07) is 14.0. The monoisotopic (exact) mass is 366 g/mol. The Morgan fingerprint density at radius 2 is 2.04 bits per heavy atom. The molecule has 26 heavy (non-hydrogen) atoms. The van der Waals surface area contributed by atoms with Crippen LogP contribution in [0.15, 0.2) is 61.1 Å². The van der Waals surface area contributed by atoms with Gasteiger partial charge in [-0.25, -0.2) is 14.4 Å².